The minimum atomic E-state index is -0.439. The quantitative estimate of drug-likeness (QED) is 0.746. The normalized spacial score (nSPS) is 16.3. The third-order valence-corrected chi connectivity index (χ3v) is 3.06. The number of halogens is 2. The predicted octanol–water partition coefficient (Wildman–Crippen LogP) is 2.23. The van der Waals surface area contributed by atoms with Crippen molar-refractivity contribution in [3.63, 3.8) is 0 Å². The van der Waals surface area contributed by atoms with E-state index in [0.29, 0.717) is 12.0 Å². The molecule has 0 aliphatic carbocycles. The number of benzene rings is 1. The van der Waals surface area contributed by atoms with Crippen LogP contribution in [0.1, 0.15) is 31.9 Å². The SMILES string of the molecule is CC(O)CC(C)NC(CN)c1cccc(Cl)c1F. The fraction of sp³-hybridized carbons (Fsp3) is 0.538. The number of aliphatic hydroxyl groups excluding tert-OH is 1. The van der Waals surface area contributed by atoms with E-state index in [2.05, 4.69) is 5.32 Å². The van der Waals surface area contributed by atoms with Crippen LogP contribution in [-0.2, 0) is 0 Å². The van der Waals surface area contributed by atoms with Crippen molar-refractivity contribution in [1.29, 1.82) is 0 Å². The van der Waals surface area contributed by atoms with Gasteiger partial charge in [-0.25, -0.2) is 4.39 Å². The molecule has 4 N–H and O–H groups in total. The van der Waals surface area contributed by atoms with E-state index in [1.807, 2.05) is 6.92 Å². The standard InChI is InChI=1S/C13H20ClFN2O/c1-8(6-9(2)18)17-12(7-16)10-4-3-5-11(14)13(10)15/h3-5,8-9,12,17-18H,6-7,16H2,1-2H3. The lowest BCUT2D eigenvalue weighted by molar-refractivity contribution is 0.168. The molecule has 0 fully saturated rings. The summed E-state index contributed by atoms with van der Waals surface area (Å²) in [7, 11) is 0. The summed E-state index contributed by atoms with van der Waals surface area (Å²) in [6.45, 7) is 3.91. The third-order valence-electron chi connectivity index (χ3n) is 2.77. The molecule has 1 aromatic rings. The van der Waals surface area contributed by atoms with E-state index in [4.69, 9.17) is 17.3 Å². The van der Waals surface area contributed by atoms with Crippen LogP contribution < -0.4 is 11.1 Å². The smallest absolute Gasteiger partial charge is 0.146 e. The molecule has 3 atom stereocenters. The van der Waals surface area contributed by atoms with Gasteiger partial charge in [-0.2, -0.15) is 0 Å². The number of hydrogen-bond acceptors (Lipinski definition) is 3. The Bertz CT molecular complexity index is 387. The van der Waals surface area contributed by atoms with E-state index in [1.165, 1.54) is 6.07 Å². The Kier molecular flexibility index (Phi) is 6.02. The first-order chi connectivity index (χ1) is 8.45. The van der Waals surface area contributed by atoms with Crippen molar-refractivity contribution < 1.29 is 9.50 Å². The Balaban J connectivity index is 2.80. The predicted molar refractivity (Wildman–Crippen MR) is 72.1 cm³/mol. The molecule has 1 aromatic carbocycles. The first kappa shape index (κ1) is 15.4. The molecule has 18 heavy (non-hydrogen) atoms. The van der Waals surface area contributed by atoms with Gasteiger partial charge in [0.05, 0.1) is 11.1 Å². The fourth-order valence-corrected chi connectivity index (χ4v) is 2.18. The highest BCUT2D eigenvalue weighted by Crippen LogP contribution is 2.23. The van der Waals surface area contributed by atoms with E-state index in [9.17, 15) is 9.50 Å². The van der Waals surface area contributed by atoms with Gasteiger partial charge in [0.2, 0.25) is 0 Å². The first-order valence-electron chi connectivity index (χ1n) is 6.03. The third kappa shape index (κ3) is 4.21. The van der Waals surface area contributed by atoms with Gasteiger partial charge in [-0.3, -0.25) is 0 Å². The zero-order valence-corrected chi connectivity index (χ0v) is 11.4. The Labute approximate surface area is 112 Å². The van der Waals surface area contributed by atoms with Crippen molar-refractivity contribution >= 4 is 11.6 Å². The van der Waals surface area contributed by atoms with Crippen LogP contribution in [0.3, 0.4) is 0 Å². The minimum absolute atomic E-state index is 0.0388. The number of nitrogens with two attached hydrogens (primary N) is 1. The molecule has 0 radical (unpaired) electrons. The second kappa shape index (κ2) is 7.04. The Morgan fingerprint density at radius 3 is 2.67 bits per heavy atom. The van der Waals surface area contributed by atoms with Crippen molar-refractivity contribution in [3.05, 3.63) is 34.6 Å². The average Bonchev–Trinajstić information content (AvgIpc) is 2.29. The average molecular weight is 275 g/mol. The number of rotatable bonds is 6. The highest BCUT2D eigenvalue weighted by atomic mass is 35.5. The summed E-state index contributed by atoms with van der Waals surface area (Å²) < 4.78 is 13.9. The molecular weight excluding hydrogens is 255 g/mol. The van der Waals surface area contributed by atoms with Crippen molar-refractivity contribution in [2.75, 3.05) is 6.54 Å². The number of nitrogens with one attached hydrogen (secondary N) is 1. The van der Waals surface area contributed by atoms with E-state index in [0.717, 1.165) is 0 Å². The van der Waals surface area contributed by atoms with E-state index in [1.54, 1.807) is 19.1 Å². The van der Waals surface area contributed by atoms with Crippen molar-refractivity contribution in [3.8, 4) is 0 Å². The van der Waals surface area contributed by atoms with Gasteiger partial charge >= 0.3 is 0 Å². The molecule has 102 valence electrons. The second-order valence-corrected chi connectivity index (χ2v) is 4.99. The van der Waals surface area contributed by atoms with Crippen LogP contribution >= 0.6 is 11.6 Å². The van der Waals surface area contributed by atoms with Crippen molar-refractivity contribution in [1.82, 2.24) is 5.32 Å². The summed E-state index contributed by atoms with van der Waals surface area (Å²) in [6.07, 6.45) is 0.175. The van der Waals surface area contributed by atoms with Crippen LogP contribution in [0.2, 0.25) is 5.02 Å². The molecule has 0 aliphatic rings. The summed E-state index contributed by atoms with van der Waals surface area (Å²) in [5.41, 5.74) is 6.13. The van der Waals surface area contributed by atoms with Crippen molar-refractivity contribution in [2.24, 2.45) is 5.73 Å². The summed E-state index contributed by atoms with van der Waals surface area (Å²) in [6, 6.07) is 4.60. The lowest BCUT2D eigenvalue weighted by atomic mass is 10.0. The highest BCUT2D eigenvalue weighted by molar-refractivity contribution is 6.30. The highest BCUT2D eigenvalue weighted by Gasteiger charge is 2.18. The molecule has 0 amide bonds. The van der Waals surface area contributed by atoms with Gasteiger partial charge in [-0.1, -0.05) is 23.7 Å². The van der Waals surface area contributed by atoms with Crippen LogP contribution in [-0.4, -0.2) is 23.8 Å². The first-order valence-corrected chi connectivity index (χ1v) is 6.41. The second-order valence-electron chi connectivity index (χ2n) is 4.58. The summed E-state index contributed by atoms with van der Waals surface area (Å²) in [5.74, 6) is -0.439. The monoisotopic (exact) mass is 274 g/mol. The lowest BCUT2D eigenvalue weighted by Gasteiger charge is -2.24. The molecule has 5 heteroatoms. The molecule has 3 nitrogen and oxygen atoms in total. The van der Waals surface area contributed by atoms with E-state index in [-0.39, 0.29) is 23.7 Å². The van der Waals surface area contributed by atoms with Gasteiger partial charge in [-0.05, 0) is 26.3 Å². The molecule has 0 aromatic heterocycles. The van der Waals surface area contributed by atoms with Crippen molar-refractivity contribution in [2.45, 2.75) is 38.5 Å². The Morgan fingerprint density at radius 1 is 1.44 bits per heavy atom. The maximum Gasteiger partial charge on any atom is 0.146 e. The molecule has 0 saturated heterocycles. The van der Waals surface area contributed by atoms with Crippen LogP contribution in [0.5, 0.6) is 0 Å². The minimum Gasteiger partial charge on any atom is -0.393 e. The summed E-state index contributed by atoms with van der Waals surface area (Å²) >= 11 is 5.75. The van der Waals surface area contributed by atoms with Crippen LogP contribution in [0.4, 0.5) is 4.39 Å². The Morgan fingerprint density at radius 2 is 2.11 bits per heavy atom. The van der Waals surface area contributed by atoms with E-state index >= 15 is 0 Å². The molecule has 3 unspecified atom stereocenters. The van der Waals surface area contributed by atoms with Crippen LogP contribution in [0.25, 0.3) is 0 Å². The topological polar surface area (TPSA) is 58.3 Å². The molecule has 0 aliphatic heterocycles. The molecular formula is C13H20ClFN2O. The lowest BCUT2D eigenvalue weighted by Crippen LogP contribution is -2.37. The molecule has 0 heterocycles. The number of aliphatic hydroxyl groups is 1. The molecule has 0 bridgehead atoms. The van der Waals surface area contributed by atoms with E-state index < -0.39 is 11.9 Å². The van der Waals surface area contributed by atoms with Crippen LogP contribution in [0.15, 0.2) is 18.2 Å². The molecule has 0 spiro atoms. The Hall–Kier alpha value is -0.680. The summed E-state index contributed by atoms with van der Waals surface area (Å²) in [5, 5.41) is 12.6. The maximum absolute atomic E-state index is 13.9. The van der Waals surface area contributed by atoms with Gasteiger partial charge in [0.25, 0.3) is 0 Å². The van der Waals surface area contributed by atoms with Gasteiger partial charge in [0, 0.05) is 24.2 Å². The fourth-order valence-electron chi connectivity index (χ4n) is 2.00. The number of hydrogen-bond donors (Lipinski definition) is 3. The largest absolute Gasteiger partial charge is 0.393 e. The molecule has 0 saturated carbocycles. The summed E-state index contributed by atoms with van der Waals surface area (Å²) in [4.78, 5) is 0. The van der Waals surface area contributed by atoms with Gasteiger partial charge in [0.1, 0.15) is 5.82 Å². The zero-order chi connectivity index (χ0) is 13.7. The van der Waals surface area contributed by atoms with Crippen LogP contribution in [0, 0.1) is 5.82 Å². The van der Waals surface area contributed by atoms with Gasteiger partial charge in [-0.15, -0.1) is 0 Å². The van der Waals surface area contributed by atoms with Gasteiger partial charge < -0.3 is 16.2 Å². The van der Waals surface area contributed by atoms with Gasteiger partial charge in [0.15, 0.2) is 0 Å². The zero-order valence-electron chi connectivity index (χ0n) is 10.7. The maximum atomic E-state index is 13.9. The molecule has 1 rings (SSSR count).